The van der Waals surface area contributed by atoms with Gasteiger partial charge in [0.2, 0.25) is 0 Å². The number of carbonyl (C=O) groups excluding carboxylic acids is 1. The van der Waals surface area contributed by atoms with Crippen molar-refractivity contribution >= 4 is 5.97 Å². The van der Waals surface area contributed by atoms with E-state index >= 15 is 0 Å². The fourth-order valence-corrected chi connectivity index (χ4v) is 2.12. The molecule has 0 amide bonds. The highest BCUT2D eigenvalue weighted by molar-refractivity contribution is 5.91. The molecule has 0 aliphatic heterocycles. The average Bonchev–Trinajstić information content (AvgIpc) is 2.72. The van der Waals surface area contributed by atoms with Gasteiger partial charge in [-0.25, -0.2) is 4.79 Å². The molecular weight excluding hydrogens is 240 g/mol. The quantitative estimate of drug-likeness (QED) is 0.791. The van der Waals surface area contributed by atoms with Gasteiger partial charge in [-0.2, -0.15) is 5.26 Å². The van der Waals surface area contributed by atoms with E-state index in [9.17, 15) is 4.79 Å². The van der Waals surface area contributed by atoms with E-state index in [0.717, 1.165) is 17.1 Å². The third kappa shape index (κ3) is 2.50. The number of carbonyl (C=O) groups is 1. The third-order valence-electron chi connectivity index (χ3n) is 2.93. The Kier molecular flexibility index (Phi) is 3.67. The predicted octanol–water partition coefficient (Wildman–Crippen LogP) is 2.77. The van der Waals surface area contributed by atoms with Crippen LogP contribution < -0.4 is 0 Å². The first-order chi connectivity index (χ1) is 9.15. The second kappa shape index (κ2) is 5.40. The van der Waals surface area contributed by atoms with Gasteiger partial charge < -0.3 is 9.30 Å². The Balaban J connectivity index is 2.41. The van der Waals surface area contributed by atoms with Crippen LogP contribution >= 0.6 is 0 Å². The van der Waals surface area contributed by atoms with Gasteiger partial charge in [-0.1, -0.05) is 18.2 Å². The minimum absolute atomic E-state index is 0.228. The number of aromatic nitrogens is 1. The van der Waals surface area contributed by atoms with Gasteiger partial charge in [0.1, 0.15) is 6.07 Å². The highest BCUT2D eigenvalue weighted by atomic mass is 16.5. The molecule has 0 radical (unpaired) electrons. The van der Waals surface area contributed by atoms with E-state index in [-0.39, 0.29) is 6.61 Å². The van der Waals surface area contributed by atoms with E-state index in [1.807, 2.05) is 48.7 Å². The van der Waals surface area contributed by atoms with Crippen molar-refractivity contribution in [2.45, 2.75) is 13.8 Å². The molecule has 1 aromatic carbocycles. The normalized spacial score (nSPS) is 9.95. The number of hydrogen-bond donors (Lipinski definition) is 0. The van der Waals surface area contributed by atoms with E-state index in [1.165, 1.54) is 0 Å². The van der Waals surface area contributed by atoms with E-state index in [2.05, 4.69) is 0 Å². The number of nitrogens with zero attached hydrogens (tertiary/aromatic N) is 2. The molecule has 0 N–H and O–H groups in total. The van der Waals surface area contributed by atoms with E-state index in [4.69, 9.17) is 10.00 Å². The van der Waals surface area contributed by atoms with Gasteiger partial charge in [-0.3, -0.25) is 0 Å². The number of benzene rings is 1. The van der Waals surface area contributed by atoms with Crippen LogP contribution in [0.4, 0.5) is 0 Å². The summed E-state index contributed by atoms with van der Waals surface area (Å²) in [6, 6.07) is 13.4. The summed E-state index contributed by atoms with van der Waals surface area (Å²) >= 11 is 0. The van der Waals surface area contributed by atoms with Crippen molar-refractivity contribution < 1.29 is 9.53 Å². The van der Waals surface area contributed by atoms with Crippen LogP contribution in [-0.2, 0) is 4.74 Å². The summed E-state index contributed by atoms with van der Waals surface area (Å²) in [5.74, 6) is -0.461. The monoisotopic (exact) mass is 254 g/mol. The average molecular weight is 254 g/mol. The maximum absolute atomic E-state index is 11.8. The zero-order valence-corrected chi connectivity index (χ0v) is 10.9. The standard InChI is InChI=1S/C15H14N2O2/c1-11-10-14(15(18)19-9-8-16)12(2)17(11)13-6-4-3-5-7-13/h3-7,10H,9H2,1-2H3. The van der Waals surface area contributed by atoms with Crippen molar-refractivity contribution in [1.82, 2.24) is 4.57 Å². The zero-order valence-electron chi connectivity index (χ0n) is 10.9. The number of hydrogen-bond acceptors (Lipinski definition) is 3. The first-order valence-corrected chi connectivity index (χ1v) is 5.93. The van der Waals surface area contributed by atoms with Crippen LogP contribution in [0.15, 0.2) is 36.4 Å². The summed E-state index contributed by atoms with van der Waals surface area (Å²) in [5, 5.41) is 8.44. The van der Waals surface area contributed by atoms with Crippen LogP contribution in [0, 0.1) is 25.2 Å². The Hall–Kier alpha value is -2.54. The molecule has 0 spiro atoms. The fourth-order valence-electron chi connectivity index (χ4n) is 2.12. The first kappa shape index (κ1) is 12.9. The summed E-state index contributed by atoms with van der Waals surface area (Å²) < 4.78 is 6.84. The molecule has 0 saturated carbocycles. The first-order valence-electron chi connectivity index (χ1n) is 5.93. The summed E-state index contributed by atoms with van der Waals surface area (Å²) in [4.78, 5) is 11.8. The van der Waals surface area contributed by atoms with Gasteiger partial charge in [0.05, 0.1) is 5.56 Å². The lowest BCUT2D eigenvalue weighted by molar-refractivity contribution is 0.0554. The lowest BCUT2D eigenvalue weighted by Gasteiger charge is -2.09. The van der Waals surface area contributed by atoms with Crippen LogP contribution in [0.2, 0.25) is 0 Å². The van der Waals surface area contributed by atoms with Gasteiger partial charge in [0.15, 0.2) is 6.61 Å². The molecule has 0 unspecified atom stereocenters. The Bertz CT molecular complexity index is 636. The molecule has 0 atom stereocenters. The van der Waals surface area contributed by atoms with Crippen LogP contribution in [0.5, 0.6) is 0 Å². The Labute approximate surface area is 111 Å². The second-order valence-corrected chi connectivity index (χ2v) is 4.19. The lowest BCUT2D eigenvalue weighted by Crippen LogP contribution is -2.07. The van der Waals surface area contributed by atoms with Gasteiger partial charge >= 0.3 is 5.97 Å². The molecule has 4 heteroatoms. The Morgan fingerprint density at radius 3 is 2.63 bits per heavy atom. The van der Waals surface area contributed by atoms with Gasteiger partial charge in [0.25, 0.3) is 0 Å². The van der Waals surface area contributed by atoms with Crippen LogP contribution in [0.25, 0.3) is 5.69 Å². The van der Waals surface area contributed by atoms with Crippen molar-refractivity contribution in [3.05, 3.63) is 53.3 Å². The number of para-hydroxylation sites is 1. The molecule has 2 aromatic rings. The SMILES string of the molecule is Cc1cc(C(=O)OCC#N)c(C)n1-c1ccccc1. The van der Waals surface area contributed by atoms with Gasteiger partial charge in [-0.15, -0.1) is 0 Å². The van der Waals surface area contributed by atoms with E-state index in [0.29, 0.717) is 5.56 Å². The van der Waals surface area contributed by atoms with Gasteiger partial charge in [0, 0.05) is 17.1 Å². The summed E-state index contributed by atoms with van der Waals surface area (Å²) in [5.41, 5.74) is 3.26. The summed E-state index contributed by atoms with van der Waals surface area (Å²) in [7, 11) is 0. The minimum atomic E-state index is -0.461. The smallest absolute Gasteiger partial charge is 0.341 e. The van der Waals surface area contributed by atoms with E-state index < -0.39 is 5.97 Å². The highest BCUT2D eigenvalue weighted by Gasteiger charge is 2.17. The number of ether oxygens (including phenoxy) is 1. The van der Waals surface area contributed by atoms with Crippen molar-refractivity contribution in [3.63, 3.8) is 0 Å². The third-order valence-corrected chi connectivity index (χ3v) is 2.93. The van der Waals surface area contributed by atoms with Gasteiger partial charge in [-0.05, 0) is 32.0 Å². The van der Waals surface area contributed by atoms with E-state index in [1.54, 1.807) is 12.1 Å². The molecule has 19 heavy (non-hydrogen) atoms. The highest BCUT2D eigenvalue weighted by Crippen LogP contribution is 2.21. The van der Waals surface area contributed by atoms with Crippen molar-refractivity contribution in [3.8, 4) is 11.8 Å². The van der Waals surface area contributed by atoms with Crippen molar-refractivity contribution in [1.29, 1.82) is 5.26 Å². The second-order valence-electron chi connectivity index (χ2n) is 4.19. The fraction of sp³-hybridized carbons (Fsp3) is 0.200. The number of esters is 1. The van der Waals surface area contributed by atoms with Crippen LogP contribution in [0.1, 0.15) is 21.7 Å². The molecule has 1 heterocycles. The maximum atomic E-state index is 11.8. The van der Waals surface area contributed by atoms with Crippen molar-refractivity contribution in [2.24, 2.45) is 0 Å². The van der Waals surface area contributed by atoms with Crippen molar-refractivity contribution in [2.75, 3.05) is 6.61 Å². The molecule has 1 aromatic heterocycles. The molecule has 2 rings (SSSR count). The topological polar surface area (TPSA) is 55.0 Å². The molecule has 0 fully saturated rings. The molecule has 96 valence electrons. The maximum Gasteiger partial charge on any atom is 0.341 e. The van der Waals surface area contributed by atoms with Crippen LogP contribution in [-0.4, -0.2) is 17.1 Å². The van der Waals surface area contributed by atoms with Crippen LogP contribution in [0.3, 0.4) is 0 Å². The molecular formula is C15H14N2O2. The number of aryl methyl sites for hydroxylation is 1. The molecule has 0 saturated heterocycles. The largest absolute Gasteiger partial charge is 0.447 e. The molecule has 0 aliphatic carbocycles. The number of nitriles is 1. The Morgan fingerprint density at radius 2 is 2.00 bits per heavy atom. The molecule has 0 bridgehead atoms. The molecule has 0 aliphatic rings. The zero-order chi connectivity index (χ0) is 13.8. The predicted molar refractivity (Wildman–Crippen MR) is 71.1 cm³/mol. The number of rotatable bonds is 3. The lowest BCUT2D eigenvalue weighted by atomic mass is 10.2. The summed E-state index contributed by atoms with van der Waals surface area (Å²) in [6.45, 7) is 3.57. The minimum Gasteiger partial charge on any atom is -0.447 e. The Morgan fingerprint density at radius 1 is 1.32 bits per heavy atom. The molecule has 4 nitrogen and oxygen atoms in total. The summed E-state index contributed by atoms with van der Waals surface area (Å²) in [6.07, 6.45) is 0.